The molecule has 1 heterocycles. The second kappa shape index (κ2) is 6.89. The van der Waals surface area contributed by atoms with Crippen LogP contribution in [0.15, 0.2) is 18.2 Å². The summed E-state index contributed by atoms with van der Waals surface area (Å²) >= 11 is 0. The highest BCUT2D eigenvalue weighted by atomic mass is 19.1. The quantitative estimate of drug-likeness (QED) is 0.777. The number of rotatable bonds is 4. The molecule has 0 bridgehead atoms. The molecule has 8 heteroatoms. The van der Waals surface area contributed by atoms with Crippen LogP contribution in [0.2, 0.25) is 0 Å². The lowest BCUT2D eigenvalue weighted by molar-refractivity contribution is -0.149. The Balaban J connectivity index is 1.53. The zero-order valence-corrected chi connectivity index (χ0v) is 16.7. The van der Waals surface area contributed by atoms with E-state index in [0.29, 0.717) is 25.2 Å². The molecule has 5 rings (SSSR count). The van der Waals surface area contributed by atoms with Crippen molar-refractivity contribution in [2.24, 2.45) is 5.92 Å². The van der Waals surface area contributed by atoms with E-state index >= 15 is 0 Å². The Kier molecular flexibility index (Phi) is 4.41. The van der Waals surface area contributed by atoms with Crippen LogP contribution < -0.4 is 5.32 Å². The number of fused-ring (bicyclic) bond motifs is 3. The van der Waals surface area contributed by atoms with Crippen LogP contribution >= 0.6 is 0 Å². The van der Waals surface area contributed by atoms with Crippen LogP contribution in [0.1, 0.15) is 66.2 Å². The first-order chi connectivity index (χ1) is 14.4. The molecule has 0 spiro atoms. The predicted molar refractivity (Wildman–Crippen MR) is 103 cm³/mol. The van der Waals surface area contributed by atoms with Crippen LogP contribution in [0.5, 0.6) is 0 Å². The Bertz CT molecular complexity index is 1040. The van der Waals surface area contributed by atoms with Crippen LogP contribution in [0.25, 0.3) is 5.69 Å². The number of halogens is 2. The number of methoxy groups -OCH3 is 1. The van der Waals surface area contributed by atoms with Gasteiger partial charge >= 0.3 is 5.97 Å². The fourth-order valence-electron chi connectivity index (χ4n) is 5.14. The number of hydrogen-bond acceptors (Lipinski definition) is 4. The van der Waals surface area contributed by atoms with Crippen LogP contribution in [-0.4, -0.2) is 34.3 Å². The van der Waals surface area contributed by atoms with E-state index in [1.165, 1.54) is 23.9 Å². The molecular formula is C22H23F2N3O3. The Morgan fingerprint density at radius 3 is 2.70 bits per heavy atom. The Hall–Kier alpha value is -2.77. The molecule has 2 saturated carbocycles. The van der Waals surface area contributed by atoms with E-state index in [2.05, 4.69) is 10.4 Å². The normalized spacial score (nSPS) is 23.4. The summed E-state index contributed by atoms with van der Waals surface area (Å²) in [5.41, 5.74) is 0.915. The number of amides is 1. The topological polar surface area (TPSA) is 73.2 Å². The first-order valence-electron chi connectivity index (χ1n) is 10.4. The predicted octanol–water partition coefficient (Wildman–Crippen LogP) is 3.42. The Morgan fingerprint density at radius 1 is 1.23 bits per heavy atom. The second-order valence-electron chi connectivity index (χ2n) is 8.61. The van der Waals surface area contributed by atoms with E-state index in [9.17, 15) is 18.4 Å². The molecule has 1 N–H and O–H groups in total. The number of esters is 1. The zero-order valence-electron chi connectivity index (χ0n) is 16.7. The molecule has 158 valence electrons. The van der Waals surface area contributed by atoms with Gasteiger partial charge in [-0.2, -0.15) is 5.10 Å². The average molecular weight is 415 g/mol. The van der Waals surface area contributed by atoms with E-state index in [1.807, 2.05) is 0 Å². The van der Waals surface area contributed by atoms with Gasteiger partial charge in [0.25, 0.3) is 5.91 Å². The number of nitrogens with one attached hydrogen (secondary N) is 1. The number of carbonyl (C=O) groups is 2. The third-order valence-corrected chi connectivity index (χ3v) is 6.75. The van der Waals surface area contributed by atoms with Gasteiger partial charge in [-0.15, -0.1) is 0 Å². The second-order valence-corrected chi connectivity index (χ2v) is 8.61. The summed E-state index contributed by atoms with van der Waals surface area (Å²) in [5.74, 6) is -1.61. The number of ether oxygens (including phenoxy) is 1. The van der Waals surface area contributed by atoms with Gasteiger partial charge in [0.1, 0.15) is 17.0 Å². The maximum Gasteiger partial charge on any atom is 0.331 e. The van der Waals surface area contributed by atoms with Gasteiger partial charge in [0.05, 0.1) is 12.8 Å². The minimum Gasteiger partial charge on any atom is -0.467 e. The number of hydrogen-bond donors (Lipinski definition) is 1. The molecule has 0 unspecified atom stereocenters. The minimum absolute atomic E-state index is 0.125. The molecule has 3 aliphatic carbocycles. The maximum absolute atomic E-state index is 14.5. The smallest absolute Gasteiger partial charge is 0.331 e. The molecule has 1 amide bonds. The lowest BCUT2D eigenvalue weighted by Crippen LogP contribution is -2.56. The van der Waals surface area contributed by atoms with Crippen molar-refractivity contribution in [3.8, 4) is 5.69 Å². The summed E-state index contributed by atoms with van der Waals surface area (Å²) in [6, 6.07) is 3.34. The molecule has 6 nitrogen and oxygen atoms in total. The SMILES string of the molecule is COC(=O)C1(NC(=O)c2nn(-c3ccc(F)cc3F)c3c2C[C@H]2C[C@@H]32)CCCCC1. The third-order valence-electron chi connectivity index (χ3n) is 6.75. The highest BCUT2D eigenvalue weighted by molar-refractivity contribution is 5.98. The van der Waals surface area contributed by atoms with E-state index in [4.69, 9.17) is 4.74 Å². The van der Waals surface area contributed by atoms with Crippen LogP contribution in [0.4, 0.5) is 8.78 Å². The van der Waals surface area contributed by atoms with Crippen LogP contribution in [0.3, 0.4) is 0 Å². The minimum atomic E-state index is -1.05. The molecule has 0 saturated heterocycles. The lowest BCUT2D eigenvalue weighted by atomic mass is 9.81. The van der Waals surface area contributed by atoms with Crippen molar-refractivity contribution in [2.45, 2.75) is 56.4 Å². The summed E-state index contributed by atoms with van der Waals surface area (Å²) in [7, 11) is 1.32. The summed E-state index contributed by atoms with van der Waals surface area (Å²) in [6.45, 7) is 0. The average Bonchev–Trinajstić information content (AvgIpc) is 3.24. The molecule has 2 fully saturated rings. The van der Waals surface area contributed by atoms with E-state index < -0.39 is 29.0 Å². The van der Waals surface area contributed by atoms with Crippen molar-refractivity contribution in [3.63, 3.8) is 0 Å². The summed E-state index contributed by atoms with van der Waals surface area (Å²) < 4.78 is 34.3. The fourth-order valence-corrected chi connectivity index (χ4v) is 5.14. The van der Waals surface area contributed by atoms with Crippen LogP contribution in [-0.2, 0) is 16.0 Å². The van der Waals surface area contributed by atoms with Gasteiger partial charge in [0, 0.05) is 17.5 Å². The van der Waals surface area contributed by atoms with E-state index in [0.717, 1.165) is 43.0 Å². The van der Waals surface area contributed by atoms with Crippen molar-refractivity contribution in [1.29, 1.82) is 0 Å². The summed E-state index contributed by atoms with van der Waals surface area (Å²) in [5, 5.41) is 7.35. The monoisotopic (exact) mass is 415 g/mol. The van der Waals surface area contributed by atoms with Crippen molar-refractivity contribution in [1.82, 2.24) is 15.1 Å². The van der Waals surface area contributed by atoms with Crippen LogP contribution in [0, 0.1) is 17.6 Å². The van der Waals surface area contributed by atoms with Gasteiger partial charge in [-0.1, -0.05) is 19.3 Å². The molecule has 3 aliphatic rings. The summed E-state index contributed by atoms with van der Waals surface area (Å²) in [4.78, 5) is 25.8. The van der Waals surface area contributed by atoms with Crippen molar-refractivity contribution in [3.05, 3.63) is 46.8 Å². The van der Waals surface area contributed by atoms with Gasteiger partial charge in [-0.3, -0.25) is 4.79 Å². The Labute approximate surface area is 172 Å². The fraction of sp³-hybridized carbons (Fsp3) is 0.500. The van der Waals surface area contributed by atoms with Gasteiger partial charge < -0.3 is 10.1 Å². The highest BCUT2D eigenvalue weighted by Crippen LogP contribution is 2.57. The molecule has 0 aliphatic heterocycles. The first kappa shape index (κ1) is 19.2. The number of benzene rings is 1. The maximum atomic E-state index is 14.5. The molecule has 2 atom stereocenters. The zero-order chi connectivity index (χ0) is 21.0. The Morgan fingerprint density at radius 2 is 2.00 bits per heavy atom. The standard InChI is InChI=1S/C22H23F2N3O3/c1-30-21(29)22(7-3-2-4-8-22)25-20(28)18-15-10-12-9-14(12)19(15)27(26-18)17-6-5-13(23)11-16(17)24/h5-6,11-12,14H,2-4,7-10H2,1H3,(H,25,28)/t12-,14-/m1/s1. The van der Waals surface area contributed by atoms with Crippen molar-refractivity contribution in [2.75, 3.05) is 7.11 Å². The molecule has 1 aromatic carbocycles. The molecule has 2 aromatic rings. The molecule has 1 aromatic heterocycles. The third kappa shape index (κ3) is 2.92. The largest absolute Gasteiger partial charge is 0.467 e. The number of nitrogens with zero attached hydrogens (tertiary/aromatic N) is 2. The van der Waals surface area contributed by atoms with Gasteiger partial charge in [-0.25, -0.2) is 18.3 Å². The molecular weight excluding hydrogens is 392 g/mol. The summed E-state index contributed by atoms with van der Waals surface area (Å²) in [6.07, 6.45) is 5.38. The number of aromatic nitrogens is 2. The first-order valence-corrected chi connectivity index (χ1v) is 10.4. The van der Waals surface area contributed by atoms with Gasteiger partial charge in [0.15, 0.2) is 11.5 Å². The van der Waals surface area contributed by atoms with E-state index in [1.54, 1.807) is 0 Å². The molecule has 30 heavy (non-hydrogen) atoms. The molecule has 0 radical (unpaired) electrons. The van der Waals surface area contributed by atoms with Crippen molar-refractivity contribution >= 4 is 11.9 Å². The van der Waals surface area contributed by atoms with Gasteiger partial charge in [-0.05, 0) is 43.7 Å². The number of carbonyl (C=O) groups excluding carboxylic acids is 2. The van der Waals surface area contributed by atoms with Crippen molar-refractivity contribution < 1.29 is 23.1 Å². The lowest BCUT2D eigenvalue weighted by Gasteiger charge is -2.35. The van der Waals surface area contributed by atoms with E-state index in [-0.39, 0.29) is 17.3 Å². The van der Waals surface area contributed by atoms with Gasteiger partial charge in [0.2, 0.25) is 0 Å². The highest BCUT2D eigenvalue weighted by Gasteiger charge is 2.51.